The molecule has 0 radical (unpaired) electrons. The monoisotopic (exact) mass is 236 g/mol. The third-order valence-corrected chi connectivity index (χ3v) is 6.06. The smallest absolute Gasteiger partial charge is 0.0913 e. The van der Waals surface area contributed by atoms with E-state index in [0.29, 0.717) is 24.7 Å². The van der Waals surface area contributed by atoms with Crippen molar-refractivity contribution in [3.63, 3.8) is 0 Å². The number of fused-ring (bicyclic) bond motifs is 3. The van der Waals surface area contributed by atoms with Gasteiger partial charge in [0.25, 0.3) is 0 Å². The average molecular weight is 236 g/mol. The van der Waals surface area contributed by atoms with Gasteiger partial charge in [0.05, 0.1) is 11.2 Å². The third kappa shape index (κ3) is 1.29. The van der Waals surface area contributed by atoms with Gasteiger partial charge in [-0.3, -0.25) is 0 Å². The lowest BCUT2D eigenvalue weighted by molar-refractivity contribution is -0.0619. The maximum absolute atomic E-state index is 11.0. The van der Waals surface area contributed by atoms with Crippen LogP contribution in [0.2, 0.25) is 0 Å². The van der Waals surface area contributed by atoms with Gasteiger partial charge in [-0.1, -0.05) is 20.4 Å². The zero-order valence-corrected chi connectivity index (χ0v) is 11.2. The molecule has 3 saturated carbocycles. The van der Waals surface area contributed by atoms with Gasteiger partial charge in [-0.25, -0.2) is 0 Å². The van der Waals surface area contributed by atoms with Crippen LogP contribution < -0.4 is 0 Å². The lowest BCUT2D eigenvalue weighted by Gasteiger charge is -2.37. The second-order valence-electron chi connectivity index (χ2n) is 7.35. The SMILES string of the molecule is C=C1CC[C@@H]2[C@H]([C@@H]3[C@@](C)(O)CC[C@@]13O)C2(C)C. The largest absolute Gasteiger partial charge is 0.390 e. The highest BCUT2D eigenvalue weighted by Crippen LogP contribution is 2.72. The van der Waals surface area contributed by atoms with E-state index < -0.39 is 11.2 Å². The zero-order chi connectivity index (χ0) is 12.6. The summed E-state index contributed by atoms with van der Waals surface area (Å²) in [5, 5.41) is 21.6. The molecule has 3 rings (SSSR count). The van der Waals surface area contributed by atoms with Crippen molar-refractivity contribution in [3.05, 3.63) is 12.2 Å². The van der Waals surface area contributed by atoms with E-state index in [1.165, 1.54) is 0 Å². The maximum Gasteiger partial charge on any atom is 0.0913 e. The molecule has 17 heavy (non-hydrogen) atoms. The third-order valence-electron chi connectivity index (χ3n) is 6.06. The second-order valence-corrected chi connectivity index (χ2v) is 7.35. The fourth-order valence-electron chi connectivity index (χ4n) is 4.90. The Balaban J connectivity index is 2.06. The van der Waals surface area contributed by atoms with Gasteiger partial charge in [-0.2, -0.15) is 0 Å². The summed E-state index contributed by atoms with van der Waals surface area (Å²) in [6.07, 6.45) is 3.44. The standard InChI is InChI=1S/C15H24O2/c1-9-5-6-10-11(13(10,2)3)12-14(4,16)7-8-15(9,12)17/h10-12,16-17H,1,5-8H2,2-4H3/t10-,11-,12-,14+,15-/m1/s1. The Morgan fingerprint density at radius 3 is 2.47 bits per heavy atom. The van der Waals surface area contributed by atoms with Crippen LogP contribution in [0.25, 0.3) is 0 Å². The molecule has 0 spiro atoms. The fraction of sp³-hybridized carbons (Fsp3) is 0.867. The van der Waals surface area contributed by atoms with E-state index in [2.05, 4.69) is 20.4 Å². The van der Waals surface area contributed by atoms with Gasteiger partial charge in [0.15, 0.2) is 0 Å². The Hall–Kier alpha value is -0.340. The Bertz CT molecular complexity index is 382. The predicted molar refractivity (Wildman–Crippen MR) is 67.4 cm³/mol. The second kappa shape index (κ2) is 2.97. The van der Waals surface area contributed by atoms with Crippen LogP contribution in [0, 0.1) is 23.2 Å². The molecule has 0 aliphatic heterocycles. The summed E-state index contributed by atoms with van der Waals surface area (Å²) in [4.78, 5) is 0. The molecule has 3 aliphatic carbocycles. The molecule has 0 aromatic rings. The van der Waals surface area contributed by atoms with E-state index in [0.717, 1.165) is 18.4 Å². The minimum atomic E-state index is -0.809. The highest BCUT2D eigenvalue weighted by Gasteiger charge is 2.71. The van der Waals surface area contributed by atoms with Crippen molar-refractivity contribution in [3.8, 4) is 0 Å². The fourth-order valence-corrected chi connectivity index (χ4v) is 4.90. The Morgan fingerprint density at radius 1 is 1.18 bits per heavy atom. The molecular weight excluding hydrogens is 212 g/mol. The van der Waals surface area contributed by atoms with E-state index in [9.17, 15) is 10.2 Å². The van der Waals surface area contributed by atoms with E-state index >= 15 is 0 Å². The molecule has 96 valence electrons. The maximum atomic E-state index is 11.0. The number of hydrogen-bond donors (Lipinski definition) is 2. The molecule has 0 aromatic carbocycles. The highest BCUT2D eigenvalue weighted by atomic mass is 16.3. The van der Waals surface area contributed by atoms with Gasteiger partial charge < -0.3 is 10.2 Å². The lowest BCUT2D eigenvalue weighted by atomic mass is 9.74. The van der Waals surface area contributed by atoms with E-state index in [-0.39, 0.29) is 11.3 Å². The molecule has 5 atom stereocenters. The summed E-state index contributed by atoms with van der Waals surface area (Å²) in [6, 6.07) is 0. The van der Waals surface area contributed by atoms with E-state index in [1.807, 2.05) is 6.92 Å². The van der Waals surface area contributed by atoms with Crippen LogP contribution in [-0.2, 0) is 0 Å². The van der Waals surface area contributed by atoms with Crippen molar-refractivity contribution in [1.82, 2.24) is 0 Å². The van der Waals surface area contributed by atoms with Crippen LogP contribution in [0.15, 0.2) is 12.2 Å². The van der Waals surface area contributed by atoms with Crippen LogP contribution in [0.1, 0.15) is 46.5 Å². The Labute approximate surface area is 104 Å². The van der Waals surface area contributed by atoms with Crippen molar-refractivity contribution in [1.29, 1.82) is 0 Å². The van der Waals surface area contributed by atoms with Crippen LogP contribution in [0.5, 0.6) is 0 Å². The molecule has 2 heteroatoms. The molecule has 0 aromatic heterocycles. The number of hydrogen-bond acceptors (Lipinski definition) is 2. The molecule has 2 N–H and O–H groups in total. The topological polar surface area (TPSA) is 40.5 Å². The zero-order valence-electron chi connectivity index (χ0n) is 11.2. The minimum absolute atomic E-state index is 0.00926. The predicted octanol–water partition coefficient (Wildman–Crippen LogP) is 2.50. The van der Waals surface area contributed by atoms with Crippen molar-refractivity contribution in [2.45, 2.75) is 57.7 Å². The summed E-state index contributed by atoms with van der Waals surface area (Å²) in [7, 11) is 0. The normalized spacial score (nSPS) is 56.1. The molecule has 0 heterocycles. The van der Waals surface area contributed by atoms with Gasteiger partial charge in [0.2, 0.25) is 0 Å². The van der Waals surface area contributed by atoms with Gasteiger partial charge in [-0.15, -0.1) is 0 Å². The molecule has 0 unspecified atom stereocenters. The molecular formula is C15H24O2. The summed E-state index contributed by atoms with van der Waals surface area (Å²) in [5.74, 6) is 1.11. The summed E-state index contributed by atoms with van der Waals surface area (Å²) >= 11 is 0. The molecule has 3 fully saturated rings. The van der Waals surface area contributed by atoms with Crippen molar-refractivity contribution < 1.29 is 10.2 Å². The minimum Gasteiger partial charge on any atom is -0.390 e. The van der Waals surface area contributed by atoms with Crippen molar-refractivity contribution >= 4 is 0 Å². The summed E-state index contributed by atoms with van der Waals surface area (Å²) in [5.41, 5.74) is -0.286. The van der Waals surface area contributed by atoms with Gasteiger partial charge in [-0.05, 0) is 55.4 Å². The molecule has 2 nitrogen and oxygen atoms in total. The van der Waals surface area contributed by atoms with Gasteiger partial charge in [0, 0.05) is 5.92 Å². The van der Waals surface area contributed by atoms with Crippen LogP contribution in [0.3, 0.4) is 0 Å². The quantitative estimate of drug-likeness (QED) is 0.634. The first-order valence-electron chi connectivity index (χ1n) is 6.84. The average Bonchev–Trinajstić information content (AvgIpc) is 2.67. The van der Waals surface area contributed by atoms with E-state index in [4.69, 9.17) is 0 Å². The van der Waals surface area contributed by atoms with Crippen molar-refractivity contribution in [2.75, 3.05) is 0 Å². The number of aliphatic hydroxyl groups is 2. The van der Waals surface area contributed by atoms with Crippen LogP contribution >= 0.6 is 0 Å². The van der Waals surface area contributed by atoms with Crippen molar-refractivity contribution in [2.24, 2.45) is 23.2 Å². The van der Waals surface area contributed by atoms with Crippen LogP contribution in [0.4, 0.5) is 0 Å². The summed E-state index contributed by atoms with van der Waals surface area (Å²) < 4.78 is 0. The summed E-state index contributed by atoms with van der Waals surface area (Å²) in [6.45, 7) is 10.6. The molecule has 0 bridgehead atoms. The first-order chi connectivity index (χ1) is 7.71. The Kier molecular flexibility index (Phi) is 2.05. The van der Waals surface area contributed by atoms with E-state index in [1.54, 1.807) is 0 Å². The number of rotatable bonds is 0. The highest BCUT2D eigenvalue weighted by molar-refractivity contribution is 5.30. The lowest BCUT2D eigenvalue weighted by Crippen LogP contribution is -2.45. The molecule has 0 saturated heterocycles. The first kappa shape index (κ1) is 11.7. The molecule has 3 aliphatic rings. The van der Waals surface area contributed by atoms with Gasteiger partial charge >= 0.3 is 0 Å². The Morgan fingerprint density at radius 2 is 1.82 bits per heavy atom. The first-order valence-corrected chi connectivity index (χ1v) is 6.84. The van der Waals surface area contributed by atoms with Gasteiger partial charge in [0.1, 0.15) is 0 Å². The van der Waals surface area contributed by atoms with Crippen LogP contribution in [-0.4, -0.2) is 21.4 Å². The molecule has 0 amide bonds.